The zero-order valence-corrected chi connectivity index (χ0v) is 12.9. The van der Waals surface area contributed by atoms with E-state index in [1.165, 1.54) is 0 Å². The lowest BCUT2D eigenvalue weighted by atomic mass is 10.2. The minimum Gasteiger partial charge on any atom is -0.436 e. The maximum Gasteiger partial charge on any atom is 0.238 e. The maximum absolute atomic E-state index is 6.19. The summed E-state index contributed by atoms with van der Waals surface area (Å²) in [5.74, 6) is 0.917. The molecule has 1 aromatic carbocycles. The highest BCUT2D eigenvalue weighted by molar-refractivity contribution is 6.32. The van der Waals surface area contributed by atoms with E-state index >= 15 is 0 Å². The van der Waals surface area contributed by atoms with Crippen LogP contribution in [0.1, 0.15) is 18.1 Å². The largest absolute Gasteiger partial charge is 0.436 e. The number of halogens is 2. The molecule has 2 aromatic rings. The Morgan fingerprint density at radius 2 is 2.00 bits per heavy atom. The number of ether oxygens (including phenoxy) is 1. The fraction of sp³-hybridized carbons (Fsp3) is 0.267. The predicted molar refractivity (Wildman–Crippen MR) is 82.9 cm³/mol. The van der Waals surface area contributed by atoms with E-state index in [9.17, 15) is 0 Å². The van der Waals surface area contributed by atoms with Crippen molar-refractivity contribution in [2.75, 3.05) is 6.54 Å². The molecular formula is C15H16Cl2N2O. The van der Waals surface area contributed by atoms with Crippen LogP contribution in [0.25, 0.3) is 0 Å². The molecule has 3 nitrogen and oxygen atoms in total. The number of pyridine rings is 1. The topological polar surface area (TPSA) is 34.2 Å². The molecule has 106 valence electrons. The Hall–Kier alpha value is -1.29. The fourth-order valence-corrected chi connectivity index (χ4v) is 2.08. The summed E-state index contributed by atoms with van der Waals surface area (Å²) in [7, 11) is 0. The zero-order chi connectivity index (χ0) is 14.5. The lowest BCUT2D eigenvalue weighted by Crippen LogP contribution is -2.11. The first-order valence-corrected chi connectivity index (χ1v) is 7.15. The minimum absolute atomic E-state index is 0.361. The summed E-state index contributed by atoms with van der Waals surface area (Å²) in [6.45, 7) is 5.65. The molecule has 0 unspecified atom stereocenters. The molecule has 0 radical (unpaired) electrons. The number of benzene rings is 1. The van der Waals surface area contributed by atoms with Crippen LogP contribution >= 0.6 is 23.2 Å². The van der Waals surface area contributed by atoms with E-state index in [-0.39, 0.29) is 0 Å². The number of rotatable bonds is 5. The minimum atomic E-state index is 0.361. The van der Waals surface area contributed by atoms with Crippen LogP contribution in [0.4, 0.5) is 0 Å². The van der Waals surface area contributed by atoms with Gasteiger partial charge in [0, 0.05) is 12.7 Å². The van der Waals surface area contributed by atoms with Crippen molar-refractivity contribution < 1.29 is 4.74 Å². The van der Waals surface area contributed by atoms with Crippen LogP contribution in [0.3, 0.4) is 0 Å². The Morgan fingerprint density at radius 3 is 2.70 bits per heavy atom. The number of aromatic nitrogens is 1. The van der Waals surface area contributed by atoms with Gasteiger partial charge in [-0.2, -0.15) is 0 Å². The molecule has 0 fully saturated rings. The zero-order valence-electron chi connectivity index (χ0n) is 11.4. The standard InChI is InChI=1S/C15H16Cl2N2O/c1-3-18-8-11-7-13(17)15(19-9-11)20-14-6-10(2)4-5-12(14)16/h4-7,9,18H,3,8H2,1-2H3. The van der Waals surface area contributed by atoms with Crippen molar-refractivity contribution in [1.82, 2.24) is 10.3 Å². The van der Waals surface area contributed by atoms with Crippen molar-refractivity contribution in [1.29, 1.82) is 0 Å². The van der Waals surface area contributed by atoms with Gasteiger partial charge >= 0.3 is 0 Å². The van der Waals surface area contributed by atoms with Crippen molar-refractivity contribution in [3.8, 4) is 11.6 Å². The lowest BCUT2D eigenvalue weighted by Gasteiger charge is -2.10. The van der Waals surface area contributed by atoms with Gasteiger partial charge in [-0.15, -0.1) is 0 Å². The summed E-state index contributed by atoms with van der Waals surface area (Å²) in [5.41, 5.74) is 2.07. The van der Waals surface area contributed by atoms with Gasteiger partial charge in [-0.1, -0.05) is 36.2 Å². The van der Waals surface area contributed by atoms with Gasteiger partial charge in [0.25, 0.3) is 0 Å². The van der Waals surface area contributed by atoms with Crippen molar-refractivity contribution in [2.24, 2.45) is 0 Å². The lowest BCUT2D eigenvalue weighted by molar-refractivity contribution is 0.462. The number of hydrogen-bond acceptors (Lipinski definition) is 3. The molecule has 20 heavy (non-hydrogen) atoms. The Morgan fingerprint density at radius 1 is 1.20 bits per heavy atom. The maximum atomic E-state index is 6.19. The molecular weight excluding hydrogens is 295 g/mol. The van der Waals surface area contributed by atoms with Crippen LogP contribution in [-0.4, -0.2) is 11.5 Å². The molecule has 1 aromatic heterocycles. The van der Waals surface area contributed by atoms with E-state index in [0.29, 0.717) is 21.7 Å². The first-order valence-electron chi connectivity index (χ1n) is 6.39. The van der Waals surface area contributed by atoms with Crippen LogP contribution in [0.15, 0.2) is 30.5 Å². The van der Waals surface area contributed by atoms with Crippen LogP contribution in [-0.2, 0) is 6.54 Å². The molecule has 5 heteroatoms. The summed E-state index contributed by atoms with van der Waals surface area (Å²) in [4.78, 5) is 4.24. The molecule has 1 heterocycles. The summed E-state index contributed by atoms with van der Waals surface area (Å²) >= 11 is 12.3. The Kier molecular flexibility index (Phi) is 5.24. The third kappa shape index (κ3) is 3.85. The van der Waals surface area contributed by atoms with Gasteiger partial charge in [0.2, 0.25) is 5.88 Å². The van der Waals surface area contributed by atoms with Gasteiger partial charge in [-0.3, -0.25) is 0 Å². The van der Waals surface area contributed by atoms with Crippen LogP contribution in [0, 0.1) is 6.92 Å². The monoisotopic (exact) mass is 310 g/mol. The van der Waals surface area contributed by atoms with Gasteiger partial charge in [-0.05, 0) is 42.8 Å². The Balaban J connectivity index is 2.19. The quantitative estimate of drug-likeness (QED) is 0.876. The van der Waals surface area contributed by atoms with E-state index < -0.39 is 0 Å². The fourth-order valence-electron chi connectivity index (χ4n) is 1.70. The number of aryl methyl sites for hydroxylation is 1. The Bertz CT molecular complexity index is 602. The smallest absolute Gasteiger partial charge is 0.238 e. The van der Waals surface area contributed by atoms with E-state index in [4.69, 9.17) is 27.9 Å². The van der Waals surface area contributed by atoms with Crippen molar-refractivity contribution in [3.63, 3.8) is 0 Å². The first-order chi connectivity index (χ1) is 9.60. The number of nitrogens with one attached hydrogen (secondary N) is 1. The molecule has 0 aliphatic heterocycles. The Labute approximate surface area is 128 Å². The summed E-state index contributed by atoms with van der Waals surface area (Å²) in [6.07, 6.45) is 1.74. The van der Waals surface area contributed by atoms with Crippen molar-refractivity contribution >= 4 is 23.2 Å². The van der Waals surface area contributed by atoms with Gasteiger partial charge in [0.05, 0.1) is 5.02 Å². The summed E-state index contributed by atoms with van der Waals surface area (Å²) in [6, 6.07) is 7.41. The highest BCUT2D eigenvalue weighted by Crippen LogP contribution is 2.32. The predicted octanol–water partition coefficient (Wildman–Crippen LogP) is 4.60. The molecule has 2 rings (SSSR count). The SMILES string of the molecule is CCNCc1cnc(Oc2cc(C)ccc2Cl)c(Cl)c1. The molecule has 0 atom stereocenters. The third-order valence-corrected chi connectivity index (χ3v) is 3.32. The van der Waals surface area contributed by atoms with Gasteiger partial charge < -0.3 is 10.1 Å². The van der Waals surface area contributed by atoms with Gasteiger partial charge in [0.1, 0.15) is 10.8 Å². The molecule has 1 N–H and O–H groups in total. The molecule has 0 aliphatic carbocycles. The molecule has 0 spiro atoms. The highest BCUT2D eigenvalue weighted by atomic mass is 35.5. The van der Waals surface area contributed by atoms with E-state index in [1.54, 1.807) is 12.3 Å². The van der Waals surface area contributed by atoms with E-state index in [2.05, 4.69) is 10.3 Å². The van der Waals surface area contributed by atoms with Crippen LogP contribution in [0.5, 0.6) is 11.6 Å². The first kappa shape index (κ1) is 15.1. The van der Waals surface area contributed by atoms with E-state index in [1.807, 2.05) is 32.0 Å². The average Bonchev–Trinajstić information content (AvgIpc) is 2.43. The average molecular weight is 311 g/mol. The summed E-state index contributed by atoms with van der Waals surface area (Å²) in [5, 5.41) is 4.22. The van der Waals surface area contributed by atoms with Crippen molar-refractivity contribution in [2.45, 2.75) is 20.4 Å². The van der Waals surface area contributed by atoms with Gasteiger partial charge in [0.15, 0.2) is 0 Å². The second-order valence-electron chi connectivity index (χ2n) is 4.45. The highest BCUT2D eigenvalue weighted by Gasteiger charge is 2.09. The summed E-state index contributed by atoms with van der Waals surface area (Å²) < 4.78 is 5.68. The second-order valence-corrected chi connectivity index (χ2v) is 5.26. The normalized spacial score (nSPS) is 10.6. The molecule has 0 amide bonds. The van der Waals surface area contributed by atoms with E-state index in [0.717, 1.165) is 24.2 Å². The van der Waals surface area contributed by atoms with Crippen LogP contribution < -0.4 is 10.1 Å². The van der Waals surface area contributed by atoms with Crippen LogP contribution in [0.2, 0.25) is 10.0 Å². The molecule has 0 saturated heterocycles. The molecule has 0 bridgehead atoms. The van der Waals surface area contributed by atoms with Crippen molar-refractivity contribution in [3.05, 3.63) is 51.6 Å². The second kappa shape index (κ2) is 6.93. The number of nitrogens with zero attached hydrogens (tertiary/aromatic N) is 1. The molecule has 0 saturated carbocycles. The third-order valence-electron chi connectivity index (χ3n) is 2.74. The van der Waals surface area contributed by atoms with Gasteiger partial charge in [-0.25, -0.2) is 4.98 Å². The molecule has 0 aliphatic rings. The number of hydrogen-bond donors (Lipinski definition) is 1.